The number of rotatable bonds is 6. The molecule has 0 amide bonds. The number of hydrogen-bond acceptors (Lipinski definition) is 2. The average Bonchev–Trinajstić information content (AvgIpc) is 2.61. The van der Waals surface area contributed by atoms with Gasteiger partial charge >= 0.3 is 0 Å². The smallest absolute Gasteiger partial charge is 0.0635 e. The maximum Gasteiger partial charge on any atom is 0.0635 e. The van der Waals surface area contributed by atoms with E-state index in [1.165, 1.54) is 32.1 Å². The van der Waals surface area contributed by atoms with Crippen LogP contribution in [-0.2, 0) is 0 Å². The van der Waals surface area contributed by atoms with Crippen molar-refractivity contribution < 1.29 is 0 Å². The Morgan fingerprint density at radius 3 is 2.53 bits per heavy atom. The molecule has 15 heavy (non-hydrogen) atoms. The highest BCUT2D eigenvalue weighted by Gasteiger charge is 2.33. The van der Waals surface area contributed by atoms with Crippen molar-refractivity contribution in [2.24, 2.45) is 11.3 Å². The molecule has 0 bridgehead atoms. The molecule has 1 aliphatic rings. The summed E-state index contributed by atoms with van der Waals surface area (Å²) in [6.07, 6.45) is 7.53. The topological polar surface area (TPSA) is 35.8 Å². The molecule has 0 aliphatic heterocycles. The van der Waals surface area contributed by atoms with Crippen molar-refractivity contribution in [1.29, 1.82) is 5.26 Å². The zero-order chi connectivity index (χ0) is 11.1. The SMILES string of the molecule is CC(C)CC1(CNCCC#N)CCCC1. The Kier molecular flexibility index (Phi) is 5.11. The van der Waals surface area contributed by atoms with E-state index in [0.717, 1.165) is 19.0 Å². The van der Waals surface area contributed by atoms with Gasteiger partial charge in [0.2, 0.25) is 0 Å². The van der Waals surface area contributed by atoms with E-state index in [4.69, 9.17) is 5.26 Å². The van der Waals surface area contributed by atoms with E-state index in [2.05, 4.69) is 25.2 Å². The van der Waals surface area contributed by atoms with Gasteiger partial charge in [0.05, 0.1) is 6.07 Å². The summed E-state index contributed by atoms with van der Waals surface area (Å²) in [5, 5.41) is 11.9. The van der Waals surface area contributed by atoms with Gasteiger partial charge in [-0.2, -0.15) is 5.26 Å². The summed E-state index contributed by atoms with van der Waals surface area (Å²) in [7, 11) is 0. The molecule has 0 saturated heterocycles. The first kappa shape index (κ1) is 12.5. The molecule has 0 aromatic carbocycles. The third-order valence-corrected chi connectivity index (χ3v) is 3.42. The molecule has 0 aromatic heterocycles. The van der Waals surface area contributed by atoms with Gasteiger partial charge in [-0.15, -0.1) is 0 Å². The van der Waals surface area contributed by atoms with Crippen LogP contribution in [0.2, 0.25) is 0 Å². The van der Waals surface area contributed by atoms with Crippen LogP contribution in [0.15, 0.2) is 0 Å². The van der Waals surface area contributed by atoms with Gasteiger partial charge in [-0.1, -0.05) is 26.7 Å². The fraction of sp³-hybridized carbons (Fsp3) is 0.923. The fourth-order valence-corrected chi connectivity index (χ4v) is 2.94. The van der Waals surface area contributed by atoms with Gasteiger partial charge in [-0.3, -0.25) is 0 Å². The van der Waals surface area contributed by atoms with Crippen LogP contribution < -0.4 is 5.32 Å². The van der Waals surface area contributed by atoms with Crippen molar-refractivity contribution in [3.63, 3.8) is 0 Å². The van der Waals surface area contributed by atoms with Crippen LogP contribution in [0.3, 0.4) is 0 Å². The zero-order valence-corrected chi connectivity index (χ0v) is 10.2. The van der Waals surface area contributed by atoms with Gasteiger partial charge in [0.15, 0.2) is 0 Å². The molecule has 0 spiro atoms. The number of hydrogen-bond donors (Lipinski definition) is 1. The molecule has 2 heteroatoms. The van der Waals surface area contributed by atoms with Gasteiger partial charge in [-0.05, 0) is 30.6 Å². The molecule has 1 N–H and O–H groups in total. The lowest BCUT2D eigenvalue weighted by Crippen LogP contribution is -2.33. The highest BCUT2D eigenvalue weighted by atomic mass is 14.9. The van der Waals surface area contributed by atoms with E-state index in [0.29, 0.717) is 11.8 Å². The Morgan fingerprint density at radius 2 is 2.00 bits per heavy atom. The van der Waals surface area contributed by atoms with Gasteiger partial charge in [0, 0.05) is 19.5 Å². The third kappa shape index (κ3) is 4.22. The summed E-state index contributed by atoms with van der Waals surface area (Å²) < 4.78 is 0. The monoisotopic (exact) mass is 208 g/mol. The lowest BCUT2D eigenvalue weighted by atomic mass is 9.78. The standard InChI is InChI=1S/C13H24N2/c1-12(2)10-13(6-3-4-7-13)11-15-9-5-8-14/h12,15H,3-7,9-11H2,1-2H3. The van der Waals surface area contributed by atoms with Crippen LogP contribution in [0.1, 0.15) is 52.4 Å². The molecule has 0 heterocycles. The largest absolute Gasteiger partial charge is 0.315 e. The summed E-state index contributed by atoms with van der Waals surface area (Å²) in [5.41, 5.74) is 0.545. The second-order valence-corrected chi connectivity index (χ2v) is 5.39. The Bertz CT molecular complexity index is 209. The molecule has 86 valence electrons. The summed E-state index contributed by atoms with van der Waals surface area (Å²) in [6.45, 7) is 6.61. The first-order valence-corrected chi connectivity index (χ1v) is 6.26. The molecule has 0 atom stereocenters. The van der Waals surface area contributed by atoms with Crippen LogP contribution in [-0.4, -0.2) is 13.1 Å². The number of nitrogens with one attached hydrogen (secondary N) is 1. The summed E-state index contributed by atoms with van der Waals surface area (Å²) in [5.74, 6) is 0.792. The van der Waals surface area contributed by atoms with Crippen molar-refractivity contribution >= 4 is 0 Å². The Hall–Kier alpha value is -0.550. The maximum absolute atomic E-state index is 8.48. The van der Waals surface area contributed by atoms with E-state index in [1.807, 2.05) is 0 Å². The zero-order valence-electron chi connectivity index (χ0n) is 10.2. The van der Waals surface area contributed by atoms with E-state index < -0.39 is 0 Å². The molecular weight excluding hydrogens is 184 g/mol. The third-order valence-electron chi connectivity index (χ3n) is 3.42. The molecule has 1 aliphatic carbocycles. The molecule has 1 rings (SSSR count). The summed E-state index contributed by atoms with van der Waals surface area (Å²) >= 11 is 0. The average molecular weight is 208 g/mol. The minimum absolute atomic E-state index is 0.545. The Labute approximate surface area is 94.1 Å². The second kappa shape index (κ2) is 6.12. The summed E-state index contributed by atoms with van der Waals surface area (Å²) in [6, 6.07) is 2.18. The van der Waals surface area contributed by atoms with E-state index in [1.54, 1.807) is 0 Å². The van der Waals surface area contributed by atoms with Crippen LogP contribution in [0.5, 0.6) is 0 Å². The first-order valence-electron chi connectivity index (χ1n) is 6.26. The van der Waals surface area contributed by atoms with Crippen LogP contribution >= 0.6 is 0 Å². The van der Waals surface area contributed by atoms with Crippen molar-refractivity contribution in [2.45, 2.75) is 52.4 Å². The first-order chi connectivity index (χ1) is 7.18. The van der Waals surface area contributed by atoms with Gasteiger partial charge in [0.1, 0.15) is 0 Å². The summed E-state index contributed by atoms with van der Waals surface area (Å²) in [4.78, 5) is 0. The van der Waals surface area contributed by atoms with E-state index in [9.17, 15) is 0 Å². The van der Waals surface area contributed by atoms with Gasteiger partial charge in [0.25, 0.3) is 0 Å². The lowest BCUT2D eigenvalue weighted by Gasteiger charge is -2.31. The number of nitrogens with zero attached hydrogens (tertiary/aromatic N) is 1. The quantitative estimate of drug-likeness (QED) is 0.681. The predicted molar refractivity (Wildman–Crippen MR) is 63.5 cm³/mol. The van der Waals surface area contributed by atoms with Crippen LogP contribution in [0.4, 0.5) is 0 Å². The van der Waals surface area contributed by atoms with E-state index >= 15 is 0 Å². The number of nitriles is 1. The van der Waals surface area contributed by atoms with Crippen molar-refractivity contribution in [3.8, 4) is 6.07 Å². The molecule has 1 saturated carbocycles. The van der Waals surface area contributed by atoms with Crippen molar-refractivity contribution in [1.82, 2.24) is 5.32 Å². The highest BCUT2D eigenvalue weighted by molar-refractivity contribution is 4.87. The van der Waals surface area contributed by atoms with Crippen LogP contribution in [0.25, 0.3) is 0 Å². The van der Waals surface area contributed by atoms with Crippen molar-refractivity contribution in [3.05, 3.63) is 0 Å². The molecular formula is C13H24N2. The Morgan fingerprint density at radius 1 is 1.33 bits per heavy atom. The predicted octanol–water partition coefficient (Wildman–Crippen LogP) is 3.10. The van der Waals surface area contributed by atoms with Gasteiger partial charge < -0.3 is 5.32 Å². The fourth-order valence-electron chi connectivity index (χ4n) is 2.94. The molecule has 2 nitrogen and oxygen atoms in total. The van der Waals surface area contributed by atoms with Gasteiger partial charge in [-0.25, -0.2) is 0 Å². The second-order valence-electron chi connectivity index (χ2n) is 5.39. The lowest BCUT2D eigenvalue weighted by molar-refractivity contribution is 0.225. The van der Waals surface area contributed by atoms with Crippen LogP contribution in [0, 0.1) is 22.7 Å². The van der Waals surface area contributed by atoms with Crippen molar-refractivity contribution in [2.75, 3.05) is 13.1 Å². The minimum Gasteiger partial charge on any atom is -0.315 e. The highest BCUT2D eigenvalue weighted by Crippen LogP contribution is 2.42. The molecule has 1 fully saturated rings. The minimum atomic E-state index is 0.545. The molecule has 0 aromatic rings. The maximum atomic E-state index is 8.48. The van der Waals surface area contributed by atoms with E-state index in [-0.39, 0.29) is 0 Å². The Balaban J connectivity index is 2.33. The molecule has 0 unspecified atom stereocenters. The normalized spacial score (nSPS) is 19.3. The molecule has 0 radical (unpaired) electrons.